The van der Waals surface area contributed by atoms with Gasteiger partial charge in [-0.25, -0.2) is 0 Å². The van der Waals surface area contributed by atoms with Crippen molar-refractivity contribution in [1.29, 1.82) is 0 Å². The molecule has 1 aliphatic rings. The van der Waals surface area contributed by atoms with E-state index in [1.807, 2.05) is 33.8 Å². The van der Waals surface area contributed by atoms with Gasteiger partial charge in [-0.1, -0.05) is 17.7 Å². The van der Waals surface area contributed by atoms with Crippen molar-refractivity contribution in [2.75, 3.05) is 19.0 Å². The average molecular weight is 326 g/mol. The van der Waals surface area contributed by atoms with Crippen molar-refractivity contribution in [1.82, 2.24) is 0 Å². The van der Waals surface area contributed by atoms with E-state index in [-0.39, 0.29) is 12.5 Å². The van der Waals surface area contributed by atoms with Gasteiger partial charge in [0.1, 0.15) is 6.61 Å². The summed E-state index contributed by atoms with van der Waals surface area (Å²) in [5, 5.41) is 3.16. The quantitative estimate of drug-likeness (QED) is 0.863. The molecule has 0 aliphatic carbocycles. The second kappa shape index (κ2) is 6.20. The number of nitrogens with one attached hydrogen (secondary N) is 1. The molecule has 1 aromatic rings. The Morgan fingerprint density at radius 3 is 2.41 bits per heavy atom. The molecule has 0 atom stereocenters. The third-order valence-electron chi connectivity index (χ3n) is 4.07. The molecule has 0 bridgehead atoms. The van der Waals surface area contributed by atoms with E-state index in [9.17, 15) is 4.79 Å². The molecule has 1 saturated heterocycles. The zero-order valence-electron chi connectivity index (χ0n) is 13.5. The van der Waals surface area contributed by atoms with E-state index in [4.69, 9.17) is 25.6 Å². The Morgan fingerprint density at radius 1 is 1.27 bits per heavy atom. The van der Waals surface area contributed by atoms with Gasteiger partial charge < -0.3 is 19.4 Å². The number of benzene rings is 1. The summed E-state index contributed by atoms with van der Waals surface area (Å²) < 4.78 is 16.8. The largest absolute Gasteiger partial charge is 0.494 e. The Bertz CT molecular complexity index is 561. The number of rotatable bonds is 4. The zero-order valence-corrected chi connectivity index (χ0v) is 14.3. The van der Waals surface area contributed by atoms with E-state index >= 15 is 0 Å². The molecule has 1 aliphatic heterocycles. The molecule has 0 spiro atoms. The van der Waals surface area contributed by atoms with Crippen LogP contribution >= 0.6 is 11.6 Å². The standard InChI is InChI=1S/C15H21BClNO4/c1-14(2)15(3,4)22-16(21-14)10-6-7-11(17)12(8-10)18-13(19)9-20-5/h6-8H,9H2,1-5H3,(H,18,19). The van der Waals surface area contributed by atoms with Gasteiger partial charge >= 0.3 is 7.12 Å². The van der Waals surface area contributed by atoms with Gasteiger partial charge in [0, 0.05) is 7.11 Å². The first-order valence-corrected chi connectivity index (χ1v) is 7.48. The zero-order chi connectivity index (χ0) is 16.5. The van der Waals surface area contributed by atoms with Crippen LogP contribution in [0.2, 0.25) is 5.02 Å². The molecule has 1 aromatic carbocycles. The predicted molar refractivity (Wildman–Crippen MR) is 87.7 cm³/mol. The predicted octanol–water partition coefficient (Wildman–Crippen LogP) is 2.22. The first-order valence-electron chi connectivity index (χ1n) is 7.10. The molecule has 0 aromatic heterocycles. The normalized spacial score (nSPS) is 19.3. The number of halogens is 1. The highest BCUT2D eigenvalue weighted by Crippen LogP contribution is 2.36. The van der Waals surface area contributed by atoms with Crippen molar-refractivity contribution in [3.05, 3.63) is 23.2 Å². The molecule has 1 amide bonds. The lowest BCUT2D eigenvalue weighted by molar-refractivity contribution is -0.119. The van der Waals surface area contributed by atoms with Crippen LogP contribution in [0.4, 0.5) is 5.69 Å². The molecular formula is C15H21BClNO4. The highest BCUT2D eigenvalue weighted by Gasteiger charge is 2.51. The lowest BCUT2D eigenvalue weighted by atomic mass is 9.79. The molecule has 7 heteroatoms. The Morgan fingerprint density at radius 2 is 1.86 bits per heavy atom. The van der Waals surface area contributed by atoms with E-state index in [1.165, 1.54) is 7.11 Å². The Labute approximate surface area is 136 Å². The molecule has 22 heavy (non-hydrogen) atoms. The summed E-state index contributed by atoms with van der Waals surface area (Å²) in [4.78, 5) is 11.6. The van der Waals surface area contributed by atoms with E-state index in [0.717, 1.165) is 5.46 Å². The number of hydrogen-bond donors (Lipinski definition) is 1. The Kier molecular flexibility index (Phi) is 4.87. The molecule has 1 heterocycles. The van der Waals surface area contributed by atoms with Crippen LogP contribution in [0.3, 0.4) is 0 Å². The molecule has 0 saturated carbocycles. The molecule has 1 N–H and O–H groups in total. The fraction of sp³-hybridized carbons (Fsp3) is 0.533. The second-order valence-electron chi connectivity index (χ2n) is 6.31. The summed E-state index contributed by atoms with van der Waals surface area (Å²) in [6.07, 6.45) is 0. The first-order chi connectivity index (χ1) is 10.2. The van der Waals surface area contributed by atoms with Gasteiger partial charge in [0.25, 0.3) is 0 Å². The fourth-order valence-electron chi connectivity index (χ4n) is 2.08. The number of methoxy groups -OCH3 is 1. The van der Waals surface area contributed by atoms with Crippen LogP contribution in [0.15, 0.2) is 18.2 Å². The summed E-state index contributed by atoms with van der Waals surface area (Å²) in [7, 11) is 0.961. The van der Waals surface area contributed by atoms with E-state index < -0.39 is 18.3 Å². The monoisotopic (exact) mass is 325 g/mol. The van der Waals surface area contributed by atoms with Crippen molar-refractivity contribution in [2.45, 2.75) is 38.9 Å². The third kappa shape index (κ3) is 3.46. The van der Waals surface area contributed by atoms with Crippen molar-refractivity contribution in [3.8, 4) is 0 Å². The van der Waals surface area contributed by atoms with Crippen LogP contribution in [-0.2, 0) is 18.8 Å². The van der Waals surface area contributed by atoms with Gasteiger partial charge in [0.15, 0.2) is 0 Å². The van der Waals surface area contributed by atoms with Crippen LogP contribution < -0.4 is 10.8 Å². The van der Waals surface area contributed by atoms with Gasteiger partial charge in [0.2, 0.25) is 5.91 Å². The van der Waals surface area contributed by atoms with E-state index in [0.29, 0.717) is 10.7 Å². The maximum absolute atomic E-state index is 11.6. The summed E-state index contributed by atoms with van der Waals surface area (Å²) >= 11 is 6.12. The molecule has 120 valence electrons. The molecule has 1 fully saturated rings. The van der Waals surface area contributed by atoms with Crippen LogP contribution in [0, 0.1) is 0 Å². The van der Waals surface area contributed by atoms with Crippen LogP contribution in [0.1, 0.15) is 27.7 Å². The lowest BCUT2D eigenvalue weighted by Gasteiger charge is -2.32. The molecule has 0 radical (unpaired) electrons. The van der Waals surface area contributed by atoms with Crippen molar-refractivity contribution in [2.24, 2.45) is 0 Å². The van der Waals surface area contributed by atoms with Gasteiger partial charge in [-0.3, -0.25) is 4.79 Å². The summed E-state index contributed by atoms with van der Waals surface area (Å²) in [5.41, 5.74) is 0.472. The highest BCUT2D eigenvalue weighted by atomic mass is 35.5. The summed E-state index contributed by atoms with van der Waals surface area (Å²) in [6, 6.07) is 5.30. The van der Waals surface area contributed by atoms with Crippen molar-refractivity contribution < 1.29 is 18.8 Å². The number of amides is 1. The van der Waals surface area contributed by atoms with Gasteiger partial charge in [-0.15, -0.1) is 0 Å². The number of hydrogen-bond acceptors (Lipinski definition) is 4. The average Bonchev–Trinajstić information content (AvgIpc) is 2.61. The highest BCUT2D eigenvalue weighted by molar-refractivity contribution is 6.62. The second-order valence-corrected chi connectivity index (χ2v) is 6.72. The van der Waals surface area contributed by atoms with E-state index in [1.54, 1.807) is 12.1 Å². The number of carbonyl (C=O) groups is 1. The van der Waals surface area contributed by atoms with Gasteiger partial charge in [-0.05, 0) is 45.3 Å². The van der Waals surface area contributed by atoms with Gasteiger partial charge in [-0.2, -0.15) is 0 Å². The lowest BCUT2D eigenvalue weighted by Crippen LogP contribution is -2.41. The smallest absolute Gasteiger partial charge is 0.399 e. The third-order valence-corrected chi connectivity index (χ3v) is 4.39. The van der Waals surface area contributed by atoms with Crippen molar-refractivity contribution in [3.63, 3.8) is 0 Å². The summed E-state index contributed by atoms with van der Waals surface area (Å²) in [6.45, 7) is 7.93. The summed E-state index contributed by atoms with van der Waals surface area (Å²) in [5.74, 6) is -0.268. The molecule has 5 nitrogen and oxygen atoms in total. The van der Waals surface area contributed by atoms with Crippen LogP contribution in [0.25, 0.3) is 0 Å². The fourth-order valence-corrected chi connectivity index (χ4v) is 2.25. The Hall–Kier alpha value is -1.08. The van der Waals surface area contributed by atoms with Gasteiger partial charge in [0.05, 0.1) is 21.9 Å². The Balaban J connectivity index is 2.22. The minimum absolute atomic E-state index is 0.0307. The topological polar surface area (TPSA) is 56.8 Å². The maximum atomic E-state index is 11.6. The first kappa shape index (κ1) is 17.3. The SMILES string of the molecule is COCC(=O)Nc1cc(B2OC(C)(C)C(C)(C)O2)ccc1Cl. The maximum Gasteiger partial charge on any atom is 0.494 e. The number of carbonyl (C=O) groups excluding carboxylic acids is 1. The van der Waals surface area contributed by atoms with E-state index in [2.05, 4.69) is 5.32 Å². The molecule has 2 rings (SSSR count). The number of anilines is 1. The van der Waals surface area contributed by atoms with Crippen molar-refractivity contribution >= 4 is 35.8 Å². The minimum atomic E-state index is -0.500. The molecular weight excluding hydrogens is 304 g/mol. The van der Waals surface area contributed by atoms with Crippen LogP contribution in [0.5, 0.6) is 0 Å². The number of ether oxygens (including phenoxy) is 1. The van der Waals surface area contributed by atoms with Crippen LogP contribution in [-0.4, -0.2) is 37.9 Å². The minimum Gasteiger partial charge on any atom is -0.399 e. The molecule has 0 unspecified atom stereocenters.